The van der Waals surface area contributed by atoms with Gasteiger partial charge in [-0.1, -0.05) is 45.0 Å². The van der Waals surface area contributed by atoms with E-state index in [1.807, 2.05) is 0 Å². The Labute approximate surface area is 123 Å². The van der Waals surface area contributed by atoms with Crippen molar-refractivity contribution in [2.24, 2.45) is 5.92 Å². The maximum Gasteiger partial charge on any atom is 0.136 e. The van der Waals surface area contributed by atoms with Crippen LogP contribution in [0.5, 0.6) is 0 Å². The third kappa shape index (κ3) is 4.17. The first kappa shape index (κ1) is 15.2. The molecule has 0 unspecified atom stereocenters. The van der Waals surface area contributed by atoms with Gasteiger partial charge in [0.25, 0.3) is 0 Å². The summed E-state index contributed by atoms with van der Waals surface area (Å²) >= 11 is 0. The number of hydrogen-bond acceptors (Lipinski definition) is 2. The lowest BCUT2D eigenvalue weighted by molar-refractivity contribution is -0.123. The Bertz CT molecular complexity index is 435. The second-order valence-corrected chi connectivity index (χ2v) is 6.94. The van der Waals surface area contributed by atoms with Gasteiger partial charge in [-0.25, -0.2) is 0 Å². The van der Waals surface area contributed by atoms with E-state index in [-0.39, 0.29) is 5.41 Å². The van der Waals surface area contributed by atoms with E-state index in [4.69, 9.17) is 0 Å². The van der Waals surface area contributed by atoms with Gasteiger partial charge in [0.15, 0.2) is 0 Å². The highest BCUT2D eigenvalue weighted by Crippen LogP contribution is 2.23. The predicted octanol–water partition coefficient (Wildman–Crippen LogP) is 3.49. The van der Waals surface area contributed by atoms with Crippen LogP contribution < -0.4 is 5.32 Å². The molecule has 0 spiro atoms. The van der Waals surface area contributed by atoms with Crippen LogP contribution in [0.4, 0.5) is 0 Å². The van der Waals surface area contributed by atoms with Crippen LogP contribution in [0, 0.1) is 5.92 Å². The molecular formula is C18H27NO. The van der Waals surface area contributed by atoms with E-state index in [1.165, 1.54) is 11.1 Å². The molecule has 1 N–H and O–H groups in total. The number of Topliss-reactive ketones (excluding diaryl/α,β-unsaturated/α-hetero) is 1. The summed E-state index contributed by atoms with van der Waals surface area (Å²) in [5.74, 6) is 0.747. The summed E-state index contributed by atoms with van der Waals surface area (Å²) in [4.78, 5) is 12.2. The molecule has 2 heteroatoms. The molecule has 2 nitrogen and oxygen atoms in total. The number of rotatable bonds is 4. The van der Waals surface area contributed by atoms with Gasteiger partial charge in [-0.15, -0.1) is 0 Å². The molecule has 1 fully saturated rings. The molecule has 0 radical (unpaired) electrons. The van der Waals surface area contributed by atoms with Gasteiger partial charge in [0.05, 0.1) is 0 Å². The van der Waals surface area contributed by atoms with Crippen molar-refractivity contribution < 1.29 is 4.79 Å². The monoisotopic (exact) mass is 273 g/mol. The maximum atomic E-state index is 12.2. The lowest BCUT2D eigenvalue weighted by Gasteiger charge is -2.21. The van der Waals surface area contributed by atoms with E-state index in [1.54, 1.807) is 0 Å². The van der Waals surface area contributed by atoms with Gasteiger partial charge in [-0.2, -0.15) is 0 Å². The smallest absolute Gasteiger partial charge is 0.136 e. The molecule has 0 aliphatic carbocycles. The van der Waals surface area contributed by atoms with Crippen LogP contribution in [0.15, 0.2) is 24.3 Å². The summed E-state index contributed by atoms with van der Waals surface area (Å²) < 4.78 is 0. The highest BCUT2D eigenvalue weighted by atomic mass is 16.1. The van der Waals surface area contributed by atoms with Crippen molar-refractivity contribution in [3.05, 3.63) is 35.4 Å². The number of aryl methyl sites for hydroxylation is 1. The zero-order chi connectivity index (χ0) is 14.6. The van der Waals surface area contributed by atoms with Crippen LogP contribution in [0.1, 0.15) is 51.2 Å². The van der Waals surface area contributed by atoms with Crippen molar-refractivity contribution in [3.63, 3.8) is 0 Å². The maximum absolute atomic E-state index is 12.2. The molecule has 0 atom stereocenters. The van der Waals surface area contributed by atoms with Gasteiger partial charge in [-0.05, 0) is 48.9 Å². The standard InChI is InChI=1S/C18H27NO/c1-18(2,3)16-7-4-14(5-8-16)6-9-17(20)15-10-12-19-13-11-15/h4-5,7-8,15,19H,6,9-13H2,1-3H3. The van der Waals surface area contributed by atoms with Crippen LogP contribution in [0.25, 0.3) is 0 Å². The van der Waals surface area contributed by atoms with Gasteiger partial charge in [0, 0.05) is 12.3 Å². The van der Waals surface area contributed by atoms with E-state index >= 15 is 0 Å². The molecule has 1 heterocycles. The quantitative estimate of drug-likeness (QED) is 0.910. The van der Waals surface area contributed by atoms with Crippen molar-refractivity contribution in [1.29, 1.82) is 0 Å². The van der Waals surface area contributed by atoms with Crippen molar-refractivity contribution in [3.8, 4) is 0 Å². The summed E-state index contributed by atoms with van der Waals surface area (Å²) in [6, 6.07) is 8.75. The van der Waals surface area contributed by atoms with Crippen LogP contribution in [-0.2, 0) is 16.6 Å². The third-order valence-corrected chi connectivity index (χ3v) is 4.27. The van der Waals surface area contributed by atoms with Crippen LogP contribution in [-0.4, -0.2) is 18.9 Å². The zero-order valence-corrected chi connectivity index (χ0v) is 13.0. The van der Waals surface area contributed by atoms with E-state index in [0.29, 0.717) is 18.1 Å². The molecule has 0 saturated carbocycles. The molecule has 1 saturated heterocycles. The van der Waals surface area contributed by atoms with Crippen molar-refractivity contribution in [1.82, 2.24) is 5.32 Å². The van der Waals surface area contributed by atoms with E-state index < -0.39 is 0 Å². The fraction of sp³-hybridized carbons (Fsp3) is 0.611. The van der Waals surface area contributed by atoms with Crippen molar-refractivity contribution in [2.75, 3.05) is 13.1 Å². The van der Waals surface area contributed by atoms with Gasteiger partial charge in [0.1, 0.15) is 5.78 Å². The largest absolute Gasteiger partial charge is 0.317 e. The summed E-state index contributed by atoms with van der Waals surface area (Å²) in [5, 5.41) is 3.31. The Kier molecular flexibility index (Phi) is 4.98. The minimum Gasteiger partial charge on any atom is -0.317 e. The second-order valence-electron chi connectivity index (χ2n) is 6.94. The number of hydrogen-bond donors (Lipinski definition) is 1. The molecular weight excluding hydrogens is 246 g/mol. The first-order valence-electron chi connectivity index (χ1n) is 7.79. The fourth-order valence-corrected chi connectivity index (χ4v) is 2.79. The molecule has 110 valence electrons. The Morgan fingerprint density at radius 1 is 1.15 bits per heavy atom. The minimum atomic E-state index is 0.198. The number of carbonyl (C=O) groups is 1. The highest BCUT2D eigenvalue weighted by Gasteiger charge is 2.20. The topological polar surface area (TPSA) is 29.1 Å². The first-order valence-corrected chi connectivity index (χ1v) is 7.79. The molecule has 1 aliphatic rings. The molecule has 0 amide bonds. The molecule has 0 bridgehead atoms. The summed E-state index contributed by atoms with van der Waals surface area (Å²) in [6.07, 6.45) is 3.61. The van der Waals surface area contributed by atoms with Crippen LogP contribution in [0.2, 0.25) is 0 Å². The predicted molar refractivity (Wildman–Crippen MR) is 84.1 cm³/mol. The SMILES string of the molecule is CC(C)(C)c1ccc(CCC(=O)C2CCNCC2)cc1. The Morgan fingerprint density at radius 3 is 2.30 bits per heavy atom. The van der Waals surface area contributed by atoms with Gasteiger partial charge < -0.3 is 5.32 Å². The molecule has 0 aromatic heterocycles. The summed E-state index contributed by atoms with van der Waals surface area (Å²) in [6.45, 7) is 8.67. The average Bonchev–Trinajstić information content (AvgIpc) is 2.45. The summed E-state index contributed by atoms with van der Waals surface area (Å²) in [7, 11) is 0. The number of piperidine rings is 1. The lowest BCUT2D eigenvalue weighted by atomic mass is 9.86. The van der Waals surface area contributed by atoms with E-state index in [0.717, 1.165) is 32.4 Å². The normalized spacial score (nSPS) is 17.1. The zero-order valence-electron chi connectivity index (χ0n) is 13.0. The van der Waals surface area contributed by atoms with Crippen LogP contribution in [0.3, 0.4) is 0 Å². The number of ketones is 1. The highest BCUT2D eigenvalue weighted by molar-refractivity contribution is 5.81. The minimum absolute atomic E-state index is 0.198. The Balaban J connectivity index is 1.86. The molecule has 1 aromatic rings. The van der Waals surface area contributed by atoms with Gasteiger partial charge in [0.2, 0.25) is 0 Å². The fourth-order valence-electron chi connectivity index (χ4n) is 2.79. The van der Waals surface area contributed by atoms with E-state index in [9.17, 15) is 4.79 Å². The molecule has 2 rings (SSSR count). The first-order chi connectivity index (χ1) is 9.47. The Hall–Kier alpha value is -1.15. The number of carbonyl (C=O) groups excluding carboxylic acids is 1. The number of benzene rings is 1. The molecule has 20 heavy (non-hydrogen) atoms. The summed E-state index contributed by atoms with van der Waals surface area (Å²) in [5.41, 5.74) is 2.83. The number of nitrogens with one attached hydrogen (secondary N) is 1. The van der Waals surface area contributed by atoms with Gasteiger partial charge >= 0.3 is 0 Å². The van der Waals surface area contributed by atoms with Crippen LogP contribution >= 0.6 is 0 Å². The van der Waals surface area contributed by atoms with Crippen molar-refractivity contribution in [2.45, 2.75) is 51.9 Å². The van der Waals surface area contributed by atoms with Gasteiger partial charge in [-0.3, -0.25) is 4.79 Å². The third-order valence-electron chi connectivity index (χ3n) is 4.27. The van der Waals surface area contributed by atoms with E-state index in [2.05, 4.69) is 50.4 Å². The second kappa shape index (κ2) is 6.53. The Morgan fingerprint density at radius 2 is 1.75 bits per heavy atom. The lowest BCUT2D eigenvalue weighted by Crippen LogP contribution is -2.31. The van der Waals surface area contributed by atoms with Crippen molar-refractivity contribution >= 4 is 5.78 Å². The molecule has 1 aliphatic heterocycles. The average molecular weight is 273 g/mol. The molecule has 1 aromatic carbocycles.